The minimum Gasteiger partial charge on any atom is -0.353 e. The van der Waals surface area contributed by atoms with Crippen molar-refractivity contribution in [3.8, 4) is 0 Å². The second kappa shape index (κ2) is 6.73. The number of carbonyl (C=O) groups excluding carboxylic acids is 1. The Morgan fingerprint density at radius 2 is 1.63 bits per heavy atom. The molecular formula is C14H25NO3S. The Hall–Kier alpha value is -0.580. The zero-order valence-corrected chi connectivity index (χ0v) is 12.4. The molecule has 1 aliphatic heterocycles. The molecule has 5 heteroatoms. The molecule has 1 unspecified atom stereocenters. The molecule has 110 valence electrons. The minimum absolute atomic E-state index is 0.0403. The summed E-state index contributed by atoms with van der Waals surface area (Å²) in [7, 11) is -2.86. The fourth-order valence-electron chi connectivity index (χ4n) is 3.18. The molecule has 0 spiro atoms. The van der Waals surface area contributed by atoms with Crippen LogP contribution in [0.2, 0.25) is 0 Å². The van der Waals surface area contributed by atoms with Gasteiger partial charge in [-0.1, -0.05) is 32.1 Å². The molecule has 0 aromatic rings. The summed E-state index contributed by atoms with van der Waals surface area (Å²) in [4.78, 5) is 12.0. The highest BCUT2D eigenvalue weighted by Gasteiger charge is 2.29. The summed E-state index contributed by atoms with van der Waals surface area (Å²) >= 11 is 0. The highest BCUT2D eigenvalue weighted by molar-refractivity contribution is 7.91. The van der Waals surface area contributed by atoms with Gasteiger partial charge in [0.25, 0.3) is 0 Å². The average Bonchev–Trinajstić information content (AvgIpc) is 2.61. The molecular weight excluding hydrogens is 262 g/mol. The summed E-state index contributed by atoms with van der Waals surface area (Å²) in [6, 6.07) is 0.311. The predicted molar refractivity (Wildman–Crippen MR) is 75.6 cm³/mol. The van der Waals surface area contributed by atoms with Gasteiger partial charge in [-0.15, -0.1) is 0 Å². The lowest BCUT2D eigenvalue weighted by Crippen LogP contribution is -2.36. The van der Waals surface area contributed by atoms with E-state index < -0.39 is 9.84 Å². The zero-order chi connectivity index (χ0) is 13.7. The van der Waals surface area contributed by atoms with Gasteiger partial charge in [0, 0.05) is 12.5 Å². The Morgan fingerprint density at radius 1 is 1.00 bits per heavy atom. The van der Waals surface area contributed by atoms with E-state index in [1.807, 2.05) is 0 Å². The van der Waals surface area contributed by atoms with Crippen molar-refractivity contribution in [2.75, 3.05) is 11.5 Å². The van der Waals surface area contributed by atoms with E-state index in [9.17, 15) is 13.2 Å². The quantitative estimate of drug-likeness (QED) is 0.864. The molecule has 19 heavy (non-hydrogen) atoms. The first-order chi connectivity index (χ1) is 9.05. The van der Waals surface area contributed by atoms with Crippen LogP contribution in [0.4, 0.5) is 0 Å². The smallest absolute Gasteiger partial charge is 0.220 e. The highest BCUT2D eigenvalue weighted by Crippen LogP contribution is 2.22. The SMILES string of the molecule is O=C(CC1CCS(=O)(=O)C1)NC1CCCCCCC1. The van der Waals surface area contributed by atoms with Gasteiger partial charge in [0.1, 0.15) is 0 Å². The van der Waals surface area contributed by atoms with Crippen molar-refractivity contribution in [1.29, 1.82) is 0 Å². The monoisotopic (exact) mass is 287 g/mol. The van der Waals surface area contributed by atoms with Gasteiger partial charge in [-0.3, -0.25) is 4.79 Å². The van der Waals surface area contributed by atoms with Gasteiger partial charge in [0.2, 0.25) is 5.91 Å². The second-order valence-electron chi connectivity index (χ2n) is 6.08. The normalized spacial score (nSPS) is 28.5. The predicted octanol–water partition coefficient (Wildman–Crippen LogP) is 2.04. The van der Waals surface area contributed by atoms with E-state index in [4.69, 9.17) is 0 Å². The molecule has 4 nitrogen and oxygen atoms in total. The number of hydrogen-bond donors (Lipinski definition) is 1. The van der Waals surface area contributed by atoms with Crippen LogP contribution in [0.25, 0.3) is 0 Å². The number of amides is 1. The van der Waals surface area contributed by atoms with Crippen LogP contribution in [0.5, 0.6) is 0 Å². The molecule has 0 aromatic heterocycles. The highest BCUT2D eigenvalue weighted by atomic mass is 32.2. The summed E-state index contributed by atoms with van der Waals surface area (Å²) in [6.45, 7) is 0. The van der Waals surface area contributed by atoms with E-state index in [1.54, 1.807) is 0 Å². The van der Waals surface area contributed by atoms with Crippen LogP contribution in [-0.4, -0.2) is 31.9 Å². The zero-order valence-electron chi connectivity index (χ0n) is 11.6. The average molecular weight is 287 g/mol. The third-order valence-corrected chi connectivity index (χ3v) is 6.11. The van der Waals surface area contributed by atoms with Crippen molar-refractivity contribution in [3.63, 3.8) is 0 Å². The van der Waals surface area contributed by atoms with Gasteiger partial charge in [-0.25, -0.2) is 8.42 Å². The van der Waals surface area contributed by atoms with Crippen molar-refractivity contribution < 1.29 is 13.2 Å². The van der Waals surface area contributed by atoms with E-state index in [0.717, 1.165) is 12.8 Å². The van der Waals surface area contributed by atoms with Crippen molar-refractivity contribution >= 4 is 15.7 Å². The van der Waals surface area contributed by atoms with Crippen molar-refractivity contribution in [1.82, 2.24) is 5.32 Å². The molecule has 1 saturated heterocycles. The van der Waals surface area contributed by atoms with Crippen LogP contribution in [0.15, 0.2) is 0 Å². The van der Waals surface area contributed by atoms with Crippen molar-refractivity contribution in [2.45, 2.75) is 63.8 Å². The van der Waals surface area contributed by atoms with Crippen LogP contribution >= 0.6 is 0 Å². The summed E-state index contributed by atoms with van der Waals surface area (Å²) < 4.78 is 22.7. The number of carbonyl (C=O) groups is 1. The third-order valence-electron chi connectivity index (χ3n) is 4.27. The molecule has 1 N–H and O–H groups in total. The summed E-state index contributed by atoms with van der Waals surface area (Å²) in [5.74, 6) is 0.547. The van der Waals surface area contributed by atoms with E-state index >= 15 is 0 Å². The first kappa shape index (κ1) is 14.8. The van der Waals surface area contributed by atoms with Gasteiger partial charge in [0.05, 0.1) is 11.5 Å². The van der Waals surface area contributed by atoms with Crippen molar-refractivity contribution in [3.05, 3.63) is 0 Å². The minimum atomic E-state index is -2.86. The molecule has 0 bridgehead atoms. The first-order valence-corrected chi connectivity index (χ1v) is 9.37. The standard InChI is InChI=1S/C14H25NO3S/c16-14(10-12-8-9-19(17,18)11-12)15-13-6-4-2-1-3-5-7-13/h12-13H,1-11H2,(H,15,16). The maximum Gasteiger partial charge on any atom is 0.220 e. The maximum absolute atomic E-state index is 12.0. The number of sulfone groups is 1. The Balaban J connectivity index is 1.74. The van der Waals surface area contributed by atoms with E-state index in [-0.39, 0.29) is 23.3 Å². The molecule has 2 fully saturated rings. The molecule has 1 atom stereocenters. The Morgan fingerprint density at radius 3 is 2.21 bits per heavy atom. The molecule has 0 aromatic carbocycles. The van der Waals surface area contributed by atoms with Gasteiger partial charge in [0.15, 0.2) is 9.84 Å². The van der Waals surface area contributed by atoms with E-state index in [1.165, 1.54) is 32.1 Å². The fraction of sp³-hybridized carbons (Fsp3) is 0.929. The molecule has 1 amide bonds. The summed E-state index contributed by atoms with van der Waals surface area (Å²) in [6.07, 6.45) is 9.45. The van der Waals surface area contributed by atoms with Gasteiger partial charge in [-0.05, 0) is 25.2 Å². The molecule has 1 heterocycles. The number of rotatable bonds is 3. The van der Waals surface area contributed by atoms with Crippen molar-refractivity contribution in [2.24, 2.45) is 5.92 Å². The van der Waals surface area contributed by atoms with Crippen LogP contribution in [0.1, 0.15) is 57.8 Å². The fourth-order valence-corrected chi connectivity index (χ4v) is 5.04. The maximum atomic E-state index is 12.0. The molecule has 0 radical (unpaired) electrons. The van der Waals surface area contributed by atoms with Gasteiger partial charge >= 0.3 is 0 Å². The summed E-state index contributed by atoms with van der Waals surface area (Å²) in [5, 5.41) is 3.11. The third kappa shape index (κ3) is 5.13. The Kier molecular flexibility index (Phi) is 5.25. The Bertz CT molecular complexity index is 397. The molecule has 1 saturated carbocycles. The lowest BCUT2D eigenvalue weighted by atomic mass is 9.96. The Labute approximate surface area is 116 Å². The van der Waals surface area contributed by atoms with Crippen LogP contribution in [-0.2, 0) is 14.6 Å². The summed E-state index contributed by atoms with van der Waals surface area (Å²) in [5.41, 5.74) is 0. The van der Waals surface area contributed by atoms with E-state index in [2.05, 4.69) is 5.32 Å². The molecule has 2 rings (SSSR count). The van der Waals surface area contributed by atoms with Crippen LogP contribution in [0, 0.1) is 5.92 Å². The van der Waals surface area contributed by atoms with Crippen LogP contribution < -0.4 is 5.32 Å². The van der Waals surface area contributed by atoms with E-state index in [0.29, 0.717) is 18.9 Å². The second-order valence-corrected chi connectivity index (χ2v) is 8.31. The van der Waals surface area contributed by atoms with Gasteiger partial charge < -0.3 is 5.32 Å². The molecule has 1 aliphatic carbocycles. The van der Waals surface area contributed by atoms with Gasteiger partial charge in [-0.2, -0.15) is 0 Å². The number of nitrogens with one attached hydrogen (secondary N) is 1. The number of hydrogen-bond acceptors (Lipinski definition) is 3. The molecule has 2 aliphatic rings. The lowest BCUT2D eigenvalue weighted by molar-refractivity contribution is -0.122. The largest absolute Gasteiger partial charge is 0.353 e. The topological polar surface area (TPSA) is 63.2 Å². The lowest BCUT2D eigenvalue weighted by Gasteiger charge is -2.21. The van der Waals surface area contributed by atoms with Crippen LogP contribution in [0.3, 0.4) is 0 Å². The first-order valence-electron chi connectivity index (χ1n) is 7.55.